The van der Waals surface area contributed by atoms with Gasteiger partial charge in [-0.2, -0.15) is 0 Å². The second kappa shape index (κ2) is 5.48. The van der Waals surface area contributed by atoms with Gasteiger partial charge < -0.3 is 10.4 Å². The van der Waals surface area contributed by atoms with Gasteiger partial charge in [0.2, 0.25) is 0 Å². The number of aromatic nitrogens is 1. The molecule has 1 heterocycles. The lowest BCUT2D eigenvalue weighted by Crippen LogP contribution is -2.40. The molecule has 1 amide bonds. The molecule has 1 fully saturated rings. The molecule has 18 heavy (non-hydrogen) atoms. The van der Waals surface area contributed by atoms with Gasteiger partial charge in [0.15, 0.2) is 0 Å². The standard InChI is InChI=1S/C12H13BrN2O3/c13-7-4-5-10(14-6-7)11(16)15-9-3-1-2-8(9)12(17)18/h4-6,8-9H,1-3H2,(H,15,16)(H,17,18)/t8-,9-/m1/s1. The molecule has 1 aliphatic carbocycles. The molecule has 6 heteroatoms. The van der Waals surface area contributed by atoms with Crippen LogP contribution in [-0.4, -0.2) is 28.0 Å². The lowest BCUT2D eigenvalue weighted by Gasteiger charge is -2.17. The van der Waals surface area contributed by atoms with E-state index in [4.69, 9.17) is 5.11 Å². The number of hydrogen-bond acceptors (Lipinski definition) is 3. The maximum atomic E-state index is 11.9. The third-order valence-electron chi connectivity index (χ3n) is 3.11. The average molecular weight is 313 g/mol. The molecule has 0 unspecified atom stereocenters. The summed E-state index contributed by atoms with van der Waals surface area (Å²) in [5.74, 6) is -1.65. The van der Waals surface area contributed by atoms with E-state index in [0.29, 0.717) is 18.5 Å². The van der Waals surface area contributed by atoms with Crippen molar-refractivity contribution in [2.45, 2.75) is 25.3 Å². The lowest BCUT2D eigenvalue weighted by molar-refractivity contribution is -0.142. The van der Waals surface area contributed by atoms with E-state index in [1.807, 2.05) is 0 Å². The van der Waals surface area contributed by atoms with E-state index in [-0.39, 0.29) is 11.9 Å². The Bertz CT molecular complexity index is 461. The van der Waals surface area contributed by atoms with E-state index >= 15 is 0 Å². The van der Waals surface area contributed by atoms with Crippen LogP contribution in [0.25, 0.3) is 0 Å². The highest BCUT2D eigenvalue weighted by molar-refractivity contribution is 9.10. The number of nitrogens with zero attached hydrogens (tertiary/aromatic N) is 1. The summed E-state index contributed by atoms with van der Waals surface area (Å²) in [6, 6.07) is 3.04. The summed E-state index contributed by atoms with van der Waals surface area (Å²) in [6.45, 7) is 0. The van der Waals surface area contributed by atoms with Crippen molar-refractivity contribution in [2.24, 2.45) is 5.92 Å². The fourth-order valence-electron chi connectivity index (χ4n) is 2.18. The van der Waals surface area contributed by atoms with Gasteiger partial charge in [-0.25, -0.2) is 4.98 Å². The first-order valence-corrected chi connectivity index (χ1v) is 6.52. The van der Waals surface area contributed by atoms with Crippen LogP contribution in [0.5, 0.6) is 0 Å². The molecule has 0 radical (unpaired) electrons. The van der Waals surface area contributed by atoms with Crippen molar-refractivity contribution in [3.05, 3.63) is 28.5 Å². The fraction of sp³-hybridized carbons (Fsp3) is 0.417. The van der Waals surface area contributed by atoms with Crippen LogP contribution in [0.1, 0.15) is 29.8 Å². The Morgan fingerprint density at radius 2 is 2.17 bits per heavy atom. The van der Waals surface area contributed by atoms with E-state index in [1.165, 1.54) is 6.20 Å². The first kappa shape index (κ1) is 13.0. The molecule has 0 aliphatic heterocycles. The summed E-state index contributed by atoms with van der Waals surface area (Å²) in [7, 11) is 0. The Labute approximate surface area is 113 Å². The fourth-order valence-corrected chi connectivity index (χ4v) is 2.42. The molecule has 1 aliphatic rings. The van der Waals surface area contributed by atoms with Crippen LogP contribution in [0.4, 0.5) is 0 Å². The molecule has 5 nitrogen and oxygen atoms in total. The number of carboxylic acids is 1. The zero-order valence-corrected chi connectivity index (χ0v) is 11.2. The van der Waals surface area contributed by atoms with Crippen LogP contribution in [0, 0.1) is 5.92 Å². The quantitative estimate of drug-likeness (QED) is 0.892. The highest BCUT2D eigenvalue weighted by atomic mass is 79.9. The molecule has 1 aromatic rings. The third-order valence-corrected chi connectivity index (χ3v) is 3.58. The second-order valence-electron chi connectivity index (χ2n) is 4.32. The number of aliphatic carboxylic acids is 1. The number of halogens is 1. The number of pyridine rings is 1. The van der Waals surface area contributed by atoms with Crippen molar-refractivity contribution in [1.29, 1.82) is 0 Å². The number of hydrogen-bond donors (Lipinski definition) is 2. The monoisotopic (exact) mass is 312 g/mol. The zero-order valence-electron chi connectivity index (χ0n) is 9.60. The van der Waals surface area contributed by atoms with Crippen molar-refractivity contribution in [2.75, 3.05) is 0 Å². The number of carbonyl (C=O) groups is 2. The lowest BCUT2D eigenvalue weighted by atomic mass is 10.0. The maximum absolute atomic E-state index is 11.9. The van der Waals surface area contributed by atoms with Crippen molar-refractivity contribution < 1.29 is 14.7 Å². The van der Waals surface area contributed by atoms with Crippen LogP contribution in [0.2, 0.25) is 0 Å². The molecular formula is C12H13BrN2O3. The minimum atomic E-state index is -0.846. The number of carboxylic acid groups (broad SMARTS) is 1. The molecule has 2 rings (SSSR count). The molecule has 0 aromatic carbocycles. The van der Waals surface area contributed by atoms with E-state index < -0.39 is 11.9 Å². The van der Waals surface area contributed by atoms with Gasteiger partial charge in [0, 0.05) is 16.7 Å². The van der Waals surface area contributed by atoms with E-state index in [9.17, 15) is 9.59 Å². The minimum absolute atomic E-state index is 0.291. The van der Waals surface area contributed by atoms with Crippen LogP contribution >= 0.6 is 15.9 Å². The Kier molecular flexibility index (Phi) is 3.96. The van der Waals surface area contributed by atoms with Gasteiger partial charge in [-0.3, -0.25) is 9.59 Å². The van der Waals surface area contributed by atoms with Crippen molar-refractivity contribution in [3.63, 3.8) is 0 Å². The summed E-state index contributed by atoms with van der Waals surface area (Å²) in [4.78, 5) is 26.9. The molecular weight excluding hydrogens is 300 g/mol. The van der Waals surface area contributed by atoms with Crippen molar-refractivity contribution in [1.82, 2.24) is 10.3 Å². The summed E-state index contributed by atoms with van der Waals surface area (Å²) in [6.07, 6.45) is 3.70. The molecule has 0 spiro atoms. The van der Waals surface area contributed by atoms with Crippen LogP contribution in [-0.2, 0) is 4.79 Å². The van der Waals surface area contributed by atoms with Gasteiger partial charge in [0.1, 0.15) is 5.69 Å². The largest absolute Gasteiger partial charge is 0.481 e. The summed E-state index contributed by atoms with van der Waals surface area (Å²) >= 11 is 3.24. The first-order chi connectivity index (χ1) is 8.58. The summed E-state index contributed by atoms with van der Waals surface area (Å²) in [5.41, 5.74) is 0.300. The molecule has 96 valence electrons. The second-order valence-corrected chi connectivity index (χ2v) is 5.23. The number of amides is 1. The Hall–Kier alpha value is -1.43. The van der Waals surface area contributed by atoms with Gasteiger partial charge in [-0.15, -0.1) is 0 Å². The van der Waals surface area contributed by atoms with Crippen LogP contribution < -0.4 is 5.32 Å². The highest BCUT2D eigenvalue weighted by Crippen LogP contribution is 2.26. The van der Waals surface area contributed by atoms with Gasteiger partial charge in [0.05, 0.1) is 5.92 Å². The zero-order chi connectivity index (χ0) is 13.1. The van der Waals surface area contributed by atoms with Crippen molar-refractivity contribution >= 4 is 27.8 Å². The average Bonchev–Trinajstić information content (AvgIpc) is 2.78. The van der Waals surface area contributed by atoms with Crippen molar-refractivity contribution in [3.8, 4) is 0 Å². The smallest absolute Gasteiger partial charge is 0.308 e. The predicted octanol–water partition coefficient (Wildman–Crippen LogP) is 1.83. The maximum Gasteiger partial charge on any atom is 0.308 e. The Balaban J connectivity index is 2.03. The molecule has 2 N–H and O–H groups in total. The number of rotatable bonds is 3. The number of carbonyl (C=O) groups excluding carboxylic acids is 1. The van der Waals surface area contributed by atoms with Gasteiger partial charge >= 0.3 is 5.97 Å². The first-order valence-electron chi connectivity index (χ1n) is 5.73. The summed E-state index contributed by atoms with van der Waals surface area (Å²) < 4.78 is 0.795. The molecule has 0 bridgehead atoms. The van der Waals surface area contributed by atoms with Crippen LogP contribution in [0.3, 0.4) is 0 Å². The van der Waals surface area contributed by atoms with Gasteiger partial charge in [0.25, 0.3) is 5.91 Å². The van der Waals surface area contributed by atoms with Gasteiger partial charge in [-0.05, 0) is 40.9 Å². The number of nitrogens with one attached hydrogen (secondary N) is 1. The predicted molar refractivity (Wildman–Crippen MR) is 68.2 cm³/mol. The van der Waals surface area contributed by atoms with E-state index in [0.717, 1.165) is 10.9 Å². The summed E-state index contributed by atoms with van der Waals surface area (Å²) in [5, 5.41) is 11.8. The van der Waals surface area contributed by atoms with E-state index in [2.05, 4.69) is 26.2 Å². The molecule has 0 saturated heterocycles. The van der Waals surface area contributed by atoms with Crippen LogP contribution in [0.15, 0.2) is 22.8 Å². The van der Waals surface area contributed by atoms with E-state index in [1.54, 1.807) is 12.1 Å². The molecule has 2 atom stereocenters. The normalized spacial score (nSPS) is 22.7. The third kappa shape index (κ3) is 2.87. The SMILES string of the molecule is O=C(N[C@@H]1CCC[C@H]1C(=O)O)c1ccc(Br)cn1. The minimum Gasteiger partial charge on any atom is -0.481 e. The van der Waals surface area contributed by atoms with Gasteiger partial charge in [-0.1, -0.05) is 6.42 Å². The Morgan fingerprint density at radius 3 is 2.78 bits per heavy atom. The topological polar surface area (TPSA) is 79.3 Å². The molecule has 1 aromatic heterocycles. The highest BCUT2D eigenvalue weighted by Gasteiger charge is 2.34. The Morgan fingerprint density at radius 1 is 1.39 bits per heavy atom. The molecule has 1 saturated carbocycles.